The van der Waals surface area contributed by atoms with Gasteiger partial charge in [0.25, 0.3) is 5.91 Å². The molecule has 1 aromatic heterocycles. The summed E-state index contributed by atoms with van der Waals surface area (Å²) >= 11 is 0. The summed E-state index contributed by atoms with van der Waals surface area (Å²) in [6.45, 7) is 3.64. The molecule has 6 nitrogen and oxygen atoms in total. The Morgan fingerprint density at radius 3 is 2.57 bits per heavy atom. The lowest BCUT2D eigenvalue weighted by Gasteiger charge is -2.32. The van der Waals surface area contributed by atoms with Gasteiger partial charge in [-0.1, -0.05) is 13.3 Å². The number of aromatic nitrogens is 2. The number of unbranched alkanes of at least 4 members (excludes halogenated alkanes) is 1. The molecule has 1 saturated heterocycles. The van der Waals surface area contributed by atoms with Crippen LogP contribution >= 0.6 is 0 Å². The van der Waals surface area contributed by atoms with Gasteiger partial charge in [-0.2, -0.15) is 18.3 Å². The second-order valence-corrected chi connectivity index (χ2v) is 7.43. The van der Waals surface area contributed by atoms with E-state index in [0.717, 1.165) is 36.4 Å². The van der Waals surface area contributed by atoms with E-state index in [2.05, 4.69) is 17.3 Å². The summed E-state index contributed by atoms with van der Waals surface area (Å²) in [6.07, 6.45) is 0.154. The predicted molar refractivity (Wildman–Crippen MR) is 105 cm³/mol. The van der Waals surface area contributed by atoms with Gasteiger partial charge in [0, 0.05) is 31.4 Å². The van der Waals surface area contributed by atoms with E-state index in [0.29, 0.717) is 30.9 Å². The van der Waals surface area contributed by atoms with E-state index in [1.165, 1.54) is 6.20 Å². The number of benzene rings is 1. The minimum Gasteiger partial charge on any atom is -0.356 e. The lowest BCUT2D eigenvalue weighted by atomic mass is 9.96. The average Bonchev–Trinajstić information content (AvgIpc) is 3.24. The van der Waals surface area contributed by atoms with Gasteiger partial charge in [-0.05, 0) is 49.6 Å². The van der Waals surface area contributed by atoms with Crippen molar-refractivity contribution in [2.24, 2.45) is 5.92 Å². The molecule has 0 saturated carbocycles. The zero-order chi connectivity index (χ0) is 21.7. The number of nitrogens with zero attached hydrogens (tertiary/aromatic N) is 3. The van der Waals surface area contributed by atoms with Crippen LogP contribution in [0.25, 0.3) is 5.69 Å². The number of hydrogen-bond acceptors (Lipinski definition) is 3. The van der Waals surface area contributed by atoms with Crippen molar-refractivity contribution in [1.29, 1.82) is 0 Å². The van der Waals surface area contributed by atoms with Crippen molar-refractivity contribution in [3.05, 3.63) is 47.8 Å². The molecule has 1 unspecified atom stereocenters. The first kappa shape index (κ1) is 21.9. The number of alkyl halides is 3. The molecule has 0 radical (unpaired) electrons. The van der Waals surface area contributed by atoms with Gasteiger partial charge >= 0.3 is 6.18 Å². The Bertz CT molecular complexity index is 877. The lowest BCUT2D eigenvalue weighted by Crippen LogP contribution is -2.45. The van der Waals surface area contributed by atoms with Crippen molar-refractivity contribution >= 4 is 11.8 Å². The lowest BCUT2D eigenvalue weighted by molar-refractivity contribution is -0.141. The highest BCUT2D eigenvalue weighted by Crippen LogP contribution is 2.28. The molecule has 1 fully saturated rings. The van der Waals surface area contributed by atoms with Crippen LogP contribution in [0.15, 0.2) is 36.5 Å². The van der Waals surface area contributed by atoms with Gasteiger partial charge in [0.15, 0.2) is 5.69 Å². The van der Waals surface area contributed by atoms with Gasteiger partial charge in [-0.15, -0.1) is 0 Å². The number of nitrogens with one attached hydrogen (secondary N) is 1. The Morgan fingerprint density at radius 2 is 1.93 bits per heavy atom. The average molecular weight is 422 g/mol. The van der Waals surface area contributed by atoms with Crippen LogP contribution < -0.4 is 5.32 Å². The van der Waals surface area contributed by atoms with Crippen LogP contribution in [0.5, 0.6) is 0 Å². The first-order valence-corrected chi connectivity index (χ1v) is 10.1. The van der Waals surface area contributed by atoms with Crippen LogP contribution in [0.1, 0.15) is 48.7 Å². The van der Waals surface area contributed by atoms with Crippen molar-refractivity contribution in [3.63, 3.8) is 0 Å². The summed E-state index contributed by atoms with van der Waals surface area (Å²) < 4.78 is 39.3. The van der Waals surface area contributed by atoms with Crippen molar-refractivity contribution in [2.75, 3.05) is 19.6 Å². The number of halogens is 3. The van der Waals surface area contributed by atoms with Crippen molar-refractivity contribution in [2.45, 2.75) is 38.8 Å². The third kappa shape index (κ3) is 5.20. The molecule has 162 valence electrons. The van der Waals surface area contributed by atoms with E-state index in [-0.39, 0.29) is 17.7 Å². The Kier molecular flexibility index (Phi) is 6.79. The number of likely N-dealkylation sites (tertiary alicyclic amines) is 1. The molecule has 30 heavy (non-hydrogen) atoms. The molecule has 0 bridgehead atoms. The smallest absolute Gasteiger partial charge is 0.356 e. The fourth-order valence-corrected chi connectivity index (χ4v) is 3.47. The molecule has 2 amide bonds. The van der Waals surface area contributed by atoms with Crippen LogP contribution in [0, 0.1) is 5.92 Å². The molecular weight excluding hydrogens is 397 g/mol. The van der Waals surface area contributed by atoms with Crippen LogP contribution in [-0.4, -0.2) is 46.1 Å². The summed E-state index contributed by atoms with van der Waals surface area (Å²) in [5, 5.41) is 6.45. The topological polar surface area (TPSA) is 67.2 Å². The predicted octanol–water partition coefficient (Wildman–Crippen LogP) is 3.66. The Labute approximate surface area is 173 Å². The molecule has 2 heterocycles. The Morgan fingerprint density at radius 1 is 1.20 bits per heavy atom. The minimum absolute atomic E-state index is 0.0181. The van der Waals surface area contributed by atoms with Crippen LogP contribution in [0.2, 0.25) is 0 Å². The fraction of sp³-hybridized carbons (Fsp3) is 0.476. The normalized spacial score (nSPS) is 17.1. The second-order valence-electron chi connectivity index (χ2n) is 7.43. The summed E-state index contributed by atoms with van der Waals surface area (Å²) in [6, 6.07) is 7.14. The minimum atomic E-state index is -4.51. The second kappa shape index (κ2) is 9.32. The fourth-order valence-electron chi connectivity index (χ4n) is 3.47. The number of amides is 2. The number of carbonyl (C=O) groups is 2. The summed E-state index contributed by atoms with van der Waals surface area (Å²) in [5.41, 5.74) is -0.123. The SMILES string of the molecule is CCCCNC(=O)C1CCCN(C(=O)c2ccc(-n3ccc(C(F)(F)F)n3)cc2)C1. The third-order valence-electron chi connectivity index (χ3n) is 5.17. The zero-order valence-corrected chi connectivity index (χ0v) is 16.8. The summed E-state index contributed by atoms with van der Waals surface area (Å²) in [4.78, 5) is 26.8. The van der Waals surface area contributed by atoms with Crippen LogP contribution in [-0.2, 0) is 11.0 Å². The number of piperidine rings is 1. The monoisotopic (exact) mass is 422 g/mol. The first-order valence-electron chi connectivity index (χ1n) is 10.1. The van der Waals surface area contributed by atoms with Gasteiger partial charge in [0.05, 0.1) is 11.6 Å². The molecule has 1 N–H and O–H groups in total. The number of rotatable bonds is 6. The molecule has 1 aliphatic heterocycles. The summed E-state index contributed by atoms with van der Waals surface area (Å²) in [7, 11) is 0. The van der Waals surface area contributed by atoms with Crippen LogP contribution in [0.4, 0.5) is 13.2 Å². The van der Waals surface area contributed by atoms with Gasteiger partial charge in [0.1, 0.15) is 0 Å². The van der Waals surface area contributed by atoms with E-state index in [9.17, 15) is 22.8 Å². The van der Waals surface area contributed by atoms with Gasteiger partial charge in [0.2, 0.25) is 5.91 Å². The molecule has 1 atom stereocenters. The van der Waals surface area contributed by atoms with E-state index in [4.69, 9.17) is 0 Å². The molecular formula is C21H25F3N4O2. The molecule has 1 aromatic carbocycles. The van der Waals surface area contributed by atoms with Gasteiger partial charge in [-0.25, -0.2) is 4.68 Å². The number of hydrogen-bond donors (Lipinski definition) is 1. The quantitative estimate of drug-likeness (QED) is 0.723. The summed E-state index contributed by atoms with van der Waals surface area (Å²) in [5.74, 6) is -0.428. The molecule has 3 rings (SSSR count). The Hall–Kier alpha value is -2.84. The van der Waals surface area contributed by atoms with E-state index >= 15 is 0 Å². The number of carbonyl (C=O) groups excluding carboxylic acids is 2. The molecule has 0 aliphatic carbocycles. The van der Waals surface area contributed by atoms with Crippen LogP contribution in [0.3, 0.4) is 0 Å². The van der Waals surface area contributed by atoms with Gasteiger partial charge in [-0.3, -0.25) is 9.59 Å². The highest BCUT2D eigenvalue weighted by Gasteiger charge is 2.33. The molecule has 2 aromatic rings. The van der Waals surface area contributed by atoms with Crippen molar-refractivity contribution in [1.82, 2.24) is 20.0 Å². The Balaban J connectivity index is 1.64. The highest BCUT2D eigenvalue weighted by atomic mass is 19.4. The standard InChI is InChI=1S/C21H25F3N4O2/c1-2-3-11-25-19(29)16-5-4-12-27(14-16)20(30)15-6-8-17(9-7-15)28-13-10-18(26-28)21(22,23)24/h6-10,13,16H,2-5,11-12,14H2,1H3,(H,25,29). The zero-order valence-electron chi connectivity index (χ0n) is 16.8. The maximum atomic E-state index is 12.8. The molecule has 0 spiro atoms. The van der Waals surface area contributed by atoms with Crippen molar-refractivity contribution < 1.29 is 22.8 Å². The van der Waals surface area contributed by atoms with E-state index in [1.54, 1.807) is 29.2 Å². The van der Waals surface area contributed by atoms with Gasteiger partial charge < -0.3 is 10.2 Å². The third-order valence-corrected chi connectivity index (χ3v) is 5.17. The first-order chi connectivity index (χ1) is 14.3. The largest absolute Gasteiger partial charge is 0.435 e. The molecule has 1 aliphatic rings. The maximum absolute atomic E-state index is 12.8. The highest BCUT2D eigenvalue weighted by molar-refractivity contribution is 5.95. The van der Waals surface area contributed by atoms with E-state index < -0.39 is 11.9 Å². The maximum Gasteiger partial charge on any atom is 0.435 e. The van der Waals surface area contributed by atoms with E-state index in [1.807, 2.05) is 0 Å². The molecule has 9 heteroatoms. The van der Waals surface area contributed by atoms with Crippen molar-refractivity contribution in [3.8, 4) is 5.69 Å².